The minimum atomic E-state index is -1.47. The number of methoxy groups -OCH3 is 1. The molecule has 94 valence electrons. The van der Waals surface area contributed by atoms with Gasteiger partial charge in [-0.05, 0) is 17.4 Å². The van der Waals surface area contributed by atoms with Gasteiger partial charge in [-0.1, -0.05) is 26.0 Å². The predicted octanol–water partition coefficient (Wildman–Crippen LogP) is 0.548. The van der Waals surface area contributed by atoms with Gasteiger partial charge in [0, 0.05) is 12.2 Å². The Bertz CT molecular complexity index is 352. The van der Waals surface area contributed by atoms with Crippen LogP contribution < -0.4 is 10.2 Å². The van der Waals surface area contributed by atoms with Gasteiger partial charge in [0.15, 0.2) is 0 Å². The topological polar surface area (TPSA) is 58.9 Å². The third kappa shape index (κ3) is 4.38. The van der Waals surface area contributed by atoms with E-state index in [2.05, 4.69) is 13.8 Å². The van der Waals surface area contributed by atoms with E-state index in [4.69, 9.17) is 19.5 Å². The van der Waals surface area contributed by atoms with Gasteiger partial charge in [-0.2, -0.15) is 0 Å². The zero-order chi connectivity index (χ0) is 12.8. The third-order valence-corrected chi connectivity index (χ3v) is 2.31. The Hall–Kier alpha value is -1.04. The fourth-order valence-corrected chi connectivity index (χ4v) is 1.48. The van der Waals surface area contributed by atoms with Crippen LogP contribution >= 0.6 is 0 Å². The Morgan fingerprint density at radius 3 is 2.53 bits per heavy atom. The first-order chi connectivity index (χ1) is 8.04. The number of benzene rings is 1. The normalized spacial score (nSPS) is 10.7. The molecule has 0 aliphatic heterocycles. The summed E-state index contributed by atoms with van der Waals surface area (Å²) < 4.78 is 10.7. The molecular weight excluding hydrogens is 219 g/mol. The second-order valence-corrected chi connectivity index (χ2v) is 4.35. The Kier molecular flexibility index (Phi) is 5.48. The summed E-state index contributed by atoms with van der Waals surface area (Å²) in [6, 6.07) is 5.02. The van der Waals surface area contributed by atoms with Gasteiger partial charge in [0.25, 0.3) is 0 Å². The molecule has 4 nitrogen and oxygen atoms in total. The molecule has 0 saturated heterocycles. The largest absolute Gasteiger partial charge is 0.496 e. The lowest BCUT2D eigenvalue weighted by atomic mass is 9.79. The number of rotatable bonds is 6. The summed E-state index contributed by atoms with van der Waals surface area (Å²) in [7, 11) is 0.112. The van der Waals surface area contributed by atoms with Crippen LogP contribution in [-0.2, 0) is 11.3 Å². The molecule has 0 fully saturated rings. The summed E-state index contributed by atoms with van der Waals surface area (Å²) in [5.41, 5.74) is 1.26. The SMILES string of the molecule is COc1ccc(B(O)O)cc1COCC(C)C. The lowest BCUT2D eigenvalue weighted by molar-refractivity contribution is 0.0956. The van der Waals surface area contributed by atoms with E-state index in [1.165, 1.54) is 0 Å². The van der Waals surface area contributed by atoms with Crippen molar-refractivity contribution >= 4 is 12.6 Å². The Morgan fingerprint density at radius 2 is 2.00 bits per heavy atom. The third-order valence-electron chi connectivity index (χ3n) is 2.31. The maximum absolute atomic E-state index is 9.10. The average molecular weight is 238 g/mol. The second-order valence-electron chi connectivity index (χ2n) is 4.35. The highest BCUT2D eigenvalue weighted by atomic mass is 16.5. The van der Waals surface area contributed by atoms with Crippen molar-refractivity contribution in [3.05, 3.63) is 23.8 Å². The monoisotopic (exact) mass is 238 g/mol. The van der Waals surface area contributed by atoms with E-state index in [0.29, 0.717) is 30.3 Å². The van der Waals surface area contributed by atoms with Gasteiger partial charge in [0.05, 0.1) is 13.7 Å². The van der Waals surface area contributed by atoms with Crippen molar-refractivity contribution in [2.24, 2.45) is 5.92 Å². The standard InChI is InChI=1S/C12H19BO4/c1-9(2)7-17-8-10-6-11(13(14)15)4-5-12(10)16-3/h4-6,9,14-15H,7-8H2,1-3H3. The van der Waals surface area contributed by atoms with Crippen molar-refractivity contribution in [2.45, 2.75) is 20.5 Å². The van der Waals surface area contributed by atoms with Crippen LogP contribution in [0.5, 0.6) is 5.75 Å². The molecule has 0 unspecified atom stereocenters. The molecule has 0 saturated carbocycles. The average Bonchev–Trinajstić information content (AvgIpc) is 2.28. The summed E-state index contributed by atoms with van der Waals surface area (Å²) in [5.74, 6) is 1.16. The maximum atomic E-state index is 9.10. The summed E-state index contributed by atoms with van der Waals surface area (Å²) in [6.45, 7) is 5.22. The molecule has 1 aromatic rings. The first kappa shape index (κ1) is 14.0. The molecule has 5 heteroatoms. The van der Waals surface area contributed by atoms with E-state index in [1.807, 2.05) is 0 Å². The molecule has 0 spiro atoms. The van der Waals surface area contributed by atoms with Crippen molar-refractivity contribution in [3.8, 4) is 5.75 Å². The first-order valence-electron chi connectivity index (χ1n) is 5.65. The van der Waals surface area contributed by atoms with Gasteiger partial charge in [-0.25, -0.2) is 0 Å². The van der Waals surface area contributed by atoms with E-state index in [0.717, 1.165) is 5.56 Å². The molecule has 0 aliphatic rings. The smallest absolute Gasteiger partial charge is 0.488 e. The molecule has 0 heterocycles. The maximum Gasteiger partial charge on any atom is 0.488 e. The van der Waals surface area contributed by atoms with Crippen LogP contribution in [-0.4, -0.2) is 30.9 Å². The van der Waals surface area contributed by atoms with Gasteiger partial charge in [0.2, 0.25) is 0 Å². The van der Waals surface area contributed by atoms with E-state index in [9.17, 15) is 0 Å². The molecule has 1 rings (SSSR count). The van der Waals surface area contributed by atoms with Crippen molar-refractivity contribution < 1.29 is 19.5 Å². The lowest BCUT2D eigenvalue weighted by Crippen LogP contribution is -2.30. The first-order valence-corrected chi connectivity index (χ1v) is 5.65. The molecule has 0 amide bonds. The lowest BCUT2D eigenvalue weighted by Gasteiger charge is -2.12. The van der Waals surface area contributed by atoms with E-state index in [1.54, 1.807) is 25.3 Å². The van der Waals surface area contributed by atoms with Gasteiger partial charge >= 0.3 is 7.12 Å². The van der Waals surface area contributed by atoms with Crippen LogP contribution in [0, 0.1) is 5.92 Å². The fraction of sp³-hybridized carbons (Fsp3) is 0.500. The van der Waals surface area contributed by atoms with Crippen LogP contribution in [0.15, 0.2) is 18.2 Å². The van der Waals surface area contributed by atoms with E-state index < -0.39 is 7.12 Å². The fourth-order valence-electron chi connectivity index (χ4n) is 1.48. The number of ether oxygens (including phenoxy) is 2. The molecule has 1 aromatic carbocycles. The highest BCUT2D eigenvalue weighted by molar-refractivity contribution is 6.58. The van der Waals surface area contributed by atoms with Crippen molar-refractivity contribution in [1.82, 2.24) is 0 Å². The van der Waals surface area contributed by atoms with E-state index in [-0.39, 0.29) is 0 Å². The summed E-state index contributed by atoms with van der Waals surface area (Å²) in [5, 5.41) is 18.2. The van der Waals surface area contributed by atoms with Gasteiger partial charge in [-0.15, -0.1) is 0 Å². The zero-order valence-corrected chi connectivity index (χ0v) is 10.5. The van der Waals surface area contributed by atoms with Crippen molar-refractivity contribution in [1.29, 1.82) is 0 Å². The van der Waals surface area contributed by atoms with Crippen LogP contribution in [0.4, 0.5) is 0 Å². The van der Waals surface area contributed by atoms with Crippen molar-refractivity contribution in [3.63, 3.8) is 0 Å². The minimum absolute atomic E-state index is 0.405. The Morgan fingerprint density at radius 1 is 1.29 bits per heavy atom. The van der Waals surface area contributed by atoms with Gasteiger partial charge < -0.3 is 19.5 Å². The summed E-state index contributed by atoms with van der Waals surface area (Å²) in [4.78, 5) is 0. The van der Waals surface area contributed by atoms with Gasteiger partial charge in [-0.3, -0.25) is 0 Å². The van der Waals surface area contributed by atoms with E-state index >= 15 is 0 Å². The van der Waals surface area contributed by atoms with Crippen LogP contribution in [0.25, 0.3) is 0 Å². The Labute approximate surface area is 102 Å². The summed E-state index contributed by atoms with van der Waals surface area (Å²) >= 11 is 0. The van der Waals surface area contributed by atoms with Crippen LogP contribution in [0.1, 0.15) is 19.4 Å². The minimum Gasteiger partial charge on any atom is -0.496 e. The molecule has 17 heavy (non-hydrogen) atoms. The molecule has 0 bridgehead atoms. The summed E-state index contributed by atoms with van der Waals surface area (Å²) in [6.07, 6.45) is 0. The second kappa shape index (κ2) is 6.64. The van der Waals surface area contributed by atoms with Crippen LogP contribution in [0.3, 0.4) is 0 Å². The molecule has 0 atom stereocenters. The molecular formula is C12H19BO4. The van der Waals surface area contributed by atoms with Crippen LogP contribution in [0.2, 0.25) is 0 Å². The number of hydrogen-bond donors (Lipinski definition) is 2. The highest BCUT2D eigenvalue weighted by Gasteiger charge is 2.13. The molecule has 0 aromatic heterocycles. The van der Waals surface area contributed by atoms with Gasteiger partial charge in [0.1, 0.15) is 5.75 Å². The molecule has 0 aliphatic carbocycles. The molecule has 0 radical (unpaired) electrons. The predicted molar refractivity (Wildman–Crippen MR) is 67.3 cm³/mol. The van der Waals surface area contributed by atoms with Crippen molar-refractivity contribution in [2.75, 3.05) is 13.7 Å². The zero-order valence-electron chi connectivity index (χ0n) is 10.5. The number of hydrogen-bond acceptors (Lipinski definition) is 4. The molecule has 2 N–H and O–H groups in total. The highest BCUT2D eigenvalue weighted by Crippen LogP contribution is 2.17. The Balaban J connectivity index is 2.75. The quantitative estimate of drug-likeness (QED) is 0.710.